The Morgan fingerprint density at radius 2 is 1.55 bits per heavy atom. The number of nitrogens with one attached hydrogen (secondary N) is 1. The molecule has 0 radical (unpaired) electrons. The molecule has 1 N–H and O–H groups in total. The lowest BCUT2D eigenvalue weighted by atomic mass is 9.88. The summed E-state index contributed by atoms with van der Waals surface area (Å²) in [4.78, 5) is 14.9. The summed E-state index contributed by atoms with van der Waals surface area (Å²) in [5.41, 5.74) is 2.56. The van der Waals surface area contributed by atoms with E-state index in [1.807, 2.05) is 18.2 Å². The molecule has 5 nitrogen and oxygen atoms in total. The number of anilines is 1. The van der Waals surface area contributed by atoms with Crippen LogP contribution in [0.4, 0.5) is 5.82 Å². The quantitative estimate of drug-likeness (QED) is 0.586. The van der Waals surface area contributed by atoms with Gasteiger partial charge in [-0.3, -0.25) is 4.79 Å². The zero-order chi connectivity index (χ0) is 21.5. The second-order valence-electron chi connectivity index (χ2n) is 7.93. The number of halogens is 1. The highest BCUT2D eigenvalue weighted by Crippen LogP contribution is 2.28. The fourth-order valence-electron chi connectivity index (χ4n) is 4.23. The van der Waals surface area contributed by atoms with E-state index in [4.69, 9.17) is 11.6 Å². The second kappa shape index (κ2) is 10.4. The van der Waals surface area contributed by atoms with E-state index < -0.39 is 0 Å². The third kappa shape index (κ3) is 5.61. The molecule has 0 bridgehead atoms. The Balaban J connectivity index is 1.29. The molecule has 2 heterocycles. The van der Waals surface area contributed by atoms with Crippen LogP contribution in [-0.2, 0) is 4.79 Å². The van der Waals surface area contributed by atoms with Crippen LogP contribution in [0.2, 0.25) is 5.15 Å². The standard InChI is InChI=1S/C25H27ClN4O/c26-23-11-12-24(29-28-23)30-17-14-21(15-18-30)25(31)27-16-13-22(19-7-3-1-4-8-19)20-9-5-2-6-10-20/h1-12,21-22H,13-18H2,(H,27,31). The molecule has 1 aliphatic heterocycles. The van der Waals surface area contributed by atoms with E-state index in [1.54, 1.807) is 6.07 Å². The topological polar surface area (TPSA) is 58.1 Å². The van der Waals surface area contributed by atoms with E-state index in [-0.39, 0.29) is 17.7 Å². The summed E-state index contributed by atoms with van der Waals surface area (Å²) in [6.07, 6.45) is 2.51. The first-order valence-corrected chi connectivity index (χ1v) is 11.2. The molecule has 0 saturated carbocycles. The third-order valence-electron chi connectivity index (χ3n) is 5.94. The molecule has 1 saturated heterocycles. The van der Waals surface area contributed by atoms with Crippen molar-refractivity contribution < 1.29 is 4.79 Å². The largest absolute Gasteiger partial charge is 0.356 e. The number of rotatable bonds is 7. The van der Waals surface area contributed by atoms with Crippen molar-refractivity contribution in [2.75, 3.05) is 24.5 Å². The van der Waals surface area contributed by atoms with Gasteiger partial charge in [0.05, 0.1) is 0 Å². The Hall–Kier alpha value is -2.92. The van der Waals surface area contributed by atoms with Crippen LogP contribution in [0.1, 0.15) is 36.3 Å². The van der Waals surface area contributed by atoms with Gasteiger partial charge in [-0.1, -0.05) is 72.3 Å². The molecular weight excluding hydrogens is 408 g/mol. The molecular formula is C25H27ClN4O. The van der Waals surface area contributed by atoms with Gasteiger partial charge < -0.3 is 10.2 Å². The van der Waals surface area contributed by atoms with Gasteiger partial charge in [0.1, 0.15) is 0 Å². The lowest BCUT2D eigenvalue weighted by Crippen LogP contribution is -2.41. The minimum atomic E-state index is 0.0448. The van der Waals surface area contributed by atoms with E-state index in [1.165, 1.54) is 11.1 Å². The van der Waals surface area contributed by atoms with Gasteiger partial charge in [-0.25, -0.2) is 0 Å². The van der Waals surface area contributed by atoms with Crippen molar-refractivity contribution in [3.8, 4) is 0 Å². The Bertz CT molecular complexity index is 918. The summed E-state index contributed by atoms with van der Waals surface area (Å²) in [5.74, 6) is 1.29. The molecule has 4 rings (SSSR count). The second-order valence-corrected chi connectivity index (χ2v) is 8.32. The predicted molar refractivity (Wildman–Crippen MR) is 124 cm³/mol. The Morgan fingerprint density at radius 3 is 2.10 bits per heavy atom. The monoisotopic (exact) mass is 434 g/mol. The molecule has 0 spiro atoms. The van der Waals surface area contributed by atoms with Crippen molar-refractivity contribution in [2.24, 2.45) is 5.92 Å². The van der Waals surface area contributed by atoms with Gasteiger partial charge in [-0.15, -0.1) is 10.2 Å². The van der Waals surface area contributed by atoms with Gasteiger partial charge in [-0.05, 0) is 42.5 Å². The van der Waals surface area contributed by atoms with Gasteiger partial charge in [-0.2, -0.15) is 0 Å². The average molecular weight is 435 g/mol. The summed E-state index contributed by atoms with van der Waals surface area (Å²) in [6, 6.07) is 24.6. The number of carbonyl (C=O) groups is 1. The zero-order valence-corrected chi connectivity index (χ0v) is 18.2. The lowest BCUT2D eigenvalue weighted by Gasteiger charge is -2.31. The molecule has 2 aromatic carbocycles. The maximum atomic E-state index is 12.8. The fourth-order valence-corrected chi connectivity index (χ4v) is 4.33. The predicted octanol–water partition coefficient (Wildman–Crippen LogP) is 4.68. The minimum Gasteiger partial charge on any atom is -0.356 e. The number of benzene rings is 2. The first kappa shape index (κ1) is 21.3. The first-order chi connectivity index (χ1) is 15.2. The van der Waals surface area contributed by atoms with Crippen molar-refractivity contribution in [1.29, 1.82) is 0 Å². The first-order valence-electron chi connectivity index (χ1n) is 10.8. The van der Waals surface area contributed by atoms with E-state index in [0.29, 0.717) is 11.7 Å². The summed E-state index contributed by atoms with van der Waals surface area (Å²) >= 11 is 5.82. The molecule has 1 aliphatic rings. The summed E-state index contributed by atoms with van der Waals surface area (Å²) < 4.78 is 0. The van der Waals surface area contributed by atoms with Gasteiger partial charge in [0.15, 0.2) is 11.0 Å². The molecule has 0 aliphatic carbocycles. The number of aromatic nitrogens is 2. The number of nitrogens with zero attached hydrogens (tertiary/aromatic N) is 3. The van der Waals surface area contributed by atoms with Crippen molar-refractivity contribution in [3.63, 3.8) is 0 Å². The average Bonchev–Trinajstić information content (AvgIpc) is 2.83. The van der Waals surface area contributed by atoms with Crippen LogP contribution < -0.4 is 10.2 Å². The molecule has 6 heteroatoms. The molecule has 160 valence electrons. The highest BCUT2D eigenvalue weighted by Gasteiger charge is 2.26. The van der Waals surface area contributed by atoms with Crippen molar-refractivity contribution in [2.45, 2.75) is 25.2 Å². The third-order valence-corrected chi connectivity index (χ3v) is 6.15. The zero-order valence-electron chi connectivity index (χ0n) is 17.5. The van der Waals surface area contributed by atoms with Gasteiger partial charge >= 0.3 is 0 Å². The fraction of sp³-hybridized carbons (Fsp3) is 0.320. The summed E-state index contributed by atoms with van der Waals surface area (Å²) in [7, 11) is 0. The minimum absolute atomic E-state index is 0.0448. The highest BCUT2D eigenvalue weighted by atomic mass is 35.5. The van der Waals surface area contributed by atoms with Crippen LogP contribution in [-0.4, -0.2) is 35.7 Å². The Kier molecular flexibility index (Phi) is 7.15. The summed E-state index contributed by atoms with van der Waals surface area (Å²) in [6.45, 7) is 2.26. The maximum Gasteiger partial charge on any atom is 0.223 e. The highest BCUT2D eigenvalue weighted by molar-refractivity contribution is 6.29. The molecule has 31 heavy (non-hydrogen) atoms. The molecule has 1 amide bonds. The van der Waals surface area contributed by atoms with Crippen LogP contribution in [0.3, 0.4) is 0 Å². The number of carbonyl (C=O) groups excluding carboxylic acids is 1. The van der Waals surface area contributed by atoms with Crippen LogP contribution >= 0.6 is 11.6 Å². The number of amides is 1. The van der Waals surface area contributed by atoms with E-state index in [2.05, 4.69) is 68.9 Å². The van der Waals surface area contributed by atoms with Crippen molar-refractivity contribution in [1.82, 2.24) is 15.5 Å². The number of hydrogen-bond acceptors (Lipinski definition) is 4. The SMILES string of the molecule is O=C(NCCC(c1ccccc1)c1ccccc1)C1CCN(c2ccc(Cl)nn2)CC1. The van der Waals surface area contributed by atoms with Gasteiger partial charge in [0, 0.05) is 31.5 Å². The Labute approximate surface area is 188 Å². The van der Waals surface area contributed by atoms with Crippen LogP contribution in [0.15, 0.2) is 72.8 Å². The van der Waals surface area contributed by atoms with Gasteiger partial charge in [0.2, 0.25) is 5.91 Å². The molecule has 1 fully saturated rings. The molecule has 3 aromatic rings. The van der Waals surface area contributed by atoms with Crippen molar-refractivity contribution in [3.05, 3.63) is 89.1 Å². The number of hydrogen-bond donors (Lipinski definition) is 1. The smallest absolute Gasteiger partial charge is 0.223 e. The lowest BCUT2D eigenvalue weighted by molar-refractivity contribution is -0.125. The molecule has 0 unspecified atom stereocenters. The van der Waals surface area contributed by atoms with Crippen LogP contribution in [0.5, 0.6) is 0 Å². The van der Waals surface area contributed by atoms with Crippen molar-refractivity contribution >= 4 is 23.3 Å². The van der Waals surface area contributed by atoms with Crippen LogP contribution in [0, 0.1) is 5.92 Å². The normalized spacial score (nSPS) is 14.6. The van der Waals surface area contributed by atoms with Crippen LogP contribution in [0.25, 0.3) is 0 Å². The summed E-state index contributed by atoms with van der Waals surface area (Å²) in [5, 5.41) is 11.6. The molecule has 0 atom stereocenters. The maximum absolute atomic E-state index is 12.8. The van der Waals surface area contributed by atoms with E-state index in [9.17, 15) is 4.79 Å². The van der Waals surface area contributed by atoms with E-state index >= 15 is 0 Å². The molecule has 1 aromatic heterocycles. The Morgan fingerprint density at radius 1 is 0.935 bits per heavy atom. The van der Waals surface area contributed by atoms with Gasteiger partial charge in [0.25, 0.3) is 0 Å². The number of piperidine rings is 1. The van der Waals surface area contributed by atoms with E-state index in [0.717, 1.165) is 38.2 Å².